The average molecular weight is 280 g/mol. The summed E-state index contributed by atoms with van der Waals surface area (Å²) in [4.78, 5) is 2.34. The lowest BCUT2D eigenvalue weighted by Crippen LogP contribution is -2.35. The van der Waals surface area contributed by atoms with Gasteiger partial charge in [-0.05, 0) is 51.1 Å². The number of anilines is 1. The molecule has 0 radical (unpaired) electrons. The smallest absolute Gasteiger partial charge is 0.0393 e. The minimum absolute atomic E-state index is 0.168. The summed E-state index contributed by atoms with van der Waals surface area (Å²) in [5.74, 6) is 1.17. The minimum atomic E-state index is 0.168. The van der Waals surface area contributed by atoms with Crippen LogP contribution in [-0.2, 0) is 6.54 Å². The molecule has 0 atom stereocenters. The molecule has 19 heavy (non-hydrogen) atoms. The molecule has 0 heterocycles. The van der Waals surface area contributed by atoms with Crippen LogP contribution in [0.2, 0.25) is 0 Å². The Morgan fingerprint density at radius 1 is 1.26 bits per heavy atom. The van der Waals surface area contributed by atoms with Crippen molar-refractivity contribution in [1.82, 2.24) is 5.32 Å². The first-order valence-corrected chi connectivity index (χ1v) is 8.27. The second-order valence-corrected chi connectivity index (χ2v) is 7.12. The van der Waals surface area contributed by atoms with Gasteiger partial charge in [0, 0.05) is 37.1 Å². The van der Waals surface area contributed by atoms with E-state index in [0.29, 0.717) is 0 Å². The van der Waals surface area contributed by atoms with Crippen molar-refractivity contribution in [2.45, 2.75) is 39.8 Å². The maximum absolute atomic E-state index is 3.53. The summed E-state index contributed by atoms with van der Waals surface area (Å²) in [5, 5.41) is 3.53. The quantitative estimate of drug-likeness (QED) is 0.855. The Balaban J connectivity index is 2.69. The molecule has 2 nitrogen and oxygen atoms in total. The van der Waals surface area contributed by atoms with Gasteiger partial charge in [-0.15, -0.1) is 0 Å². The van der Waals surface area contributed by atoms with E-state index in [-0.39, 0.29) is 5.54 Å². The molecule has 0 aliphatic carbocycles. The van der Waals surface area contributed by atoms with Gasteiger partial charge in [0.25, 0.3) is 0 Å². The molecule has 1 rings (SSSR count). The van der Waals surface area contributed by atoms with Crippen LogP contribution in [0, 0.1) is 6.92 Å². The first kappa shape index (κ1) is 16.4. The number of nitrogens with one attached hydrogen (secondary N) is 1. The number of nitrogens with zero attached hydrogens (tertiary/aromatic N) is 1. The predicted octanol–water partition coefficient (Wildman–Crippen LogP) is 3.68. The van der Waals surface area contributed by atoms with E-state index >= 15 is 0 Å². The molecule has 0 saturated heterocycles. The molecule has 1 aromatic carbocycles. The summed E-state index contributed by atoms with van der Waals surface area (Å²) in [6.07, 6.45) is 2.15. The fraction of sp³-hybridized carbons (Fsp3) is 0.625. The Kier molecular flexibility index (Phi) is 6.21. The molecule has 0 fully saturated rings. The van der Waals surface area contributed by atoms with Crippen molar-refractivity contribution in [3.05, 3.63) is 29.3 Å². The van der Waals surface area contributed by atoms with Crippen molar-refractivity contribution in [2.24, 2.45) is 0 Å². The van der Waals surface area contributed by atoms with Crippen LogP contribution >= 0.6 is 11.8 Å². The number of rotatable bonds is 6. The first-order valence-electron chi connectivity index (χ1n) is 6.88. The monoisotopic (exact) mass is 280 g/mol. The van der Waals surface area contributed by atoms with Crippen molar-refractivity contribution in [1.29, 1.82) is 0 Å². The molecular formula is C16H28N2S. The van der Waals surface area contributed by atoms with E-state index in [4.69, 9.17) is 0 Å². The summed E-state index contributed by atoms with van der Waals surface area (Å²) in [6.45, 7) is 10.8. The molecule has 0 aromatic heterocycles. The van der Waals surface area contributed by atoms with Crippen LogP contribution < -0.4 is 10.2 Å². The van der Waals surface area contributed by atoms with Crippen LogP contribution in [0.1, 0.15) is 31.9 Å². The van der Waals surface area contributed by atoms with Gasteiger partial charge >= 0.3 is 0 Å². The molecule has 1 N–H and O–H groups in total. The molecule has 108 valence electrons. The molecule has 0 saturated carbocycles. The zero-order valence-electron chi connectivity index (χ0n) is 13.2. The average Bonchev–Trinajstić information content (AvgIpc) is 2.32. The lowest BCUT2D eigenvalue weighted by molar-refractivity contribution is 0.424. The number of benzene rings is 1. The van der Waals surface area contributed by atoms with Gasteiger partial charge < -0.3 is 10.2 Å². The van der Waals surface area contributed by atoms with E-state index in [1.807, 2.05) is 11.8 Å². The Hall–Kier alpha value is -0.670. The molecule has 3 heteroatoms. The van der Waals surface area contributed by atoms with Crippen molar-refractivity contribution >= 4 is 17.4 Å². The minimum Gasteiger partial charge on any atom is -0.374 e. The van der Waals surface area contributed by atoms with Crippen LogP contribution in [0.4, 0.5) is 5.69 Å². The topological polar surface area (TPSA) is 15.3 Å². The standard InChI is InChI=1S/C16H28N2S/c1-13-11-14(12-17-16(2,3)4)7-8-15(13)18(5)9-10-19-6/h7-8,11,17H,9-10,12H2,1-6H3. The molecule has 1 aromatic rings. The number of thioether (sulfide) groups is 1. The largest absolute Gasteiger partial charge is 0.374 e. The summed E-state index contributed by atoms with van der Waals surface area (Å²) in [6, 6.07) is 6.77. The van der Waals surface area contributed by atoms with Gasteiger partial charge in [0.2, 0.25) is 0 Å². The van der Waals surface area contributed by atoms with E-state index in [1.54, 1.807) is 0 Å². The van der Waals surface area contributed by atoms with Gasteiger partial charge in [-0.2, -0.15) is 11.8 Å². The summed E-state index contributed by atoms with van der Waals surface area (Å²) in [7, 11) is 2.17. The Labute approximate surface area is 123 Å². The van der Waals surface area contributed by atoms with Crippen molar-refractivity contribution in [3.63, 3.8) is 0 Å². The van der Waals surface area contributed by atoms with E-state index in [2.05, 4.69) is 69.4 Å². The highest BCUT2D eigenvalue weighted by molar-refractivity contribution is 7.98. The van der Waals surface area contributed by atoms with Gasteiger partial charge in [-0.3, -0.25) is 0 Å². The van der Waals surface area contributed by atoms with Crippen molar-refractivity contribution in [3.8, 4) is 0 Å². The summed E-state index contributed by atoms with van der Waals surface area (Å²) in [5.41, 5.74) is 4.22. The molecule has 0 amide bonds. The normalized spacial score (nSPS) is 11.7. The second-order valence-electron chi connectivity index (χ2n) is 6.14. The molecule has 0 unspecified atom stereocenters. The van der Waals surface area contributed by atoms with Gasteiger partial charge in [-0.1, -0.05) is 12.1 Å². The predicted molar refractivity (Wildman–Crippen MR) is 89.4 cm³/mol. The van der Waals surface area contributed by atoms with Crippen LogP contribution in [0.5, 0.6) is 0 Å². The highest BCUT2D eigenvalue weighted by Crippen LogP contribution is 2.20. The number of hydrogen-bond acceptors (Lipinski definition) is 3. The Bertz CT molecular complexity index is 396. The highest BCUT2D eigenvalue weighted by Gasteiger charge is 2.09. The lowest BCUT2D eigenvalue weighted by atomic mass is 10.1. The fourth-order valence-electron chi connectivity index (χ4n) is 1.97. The summed E-state index contributed by atoms with van der Waals surface area (Å²) < 4.78 is 0. The third kappa shape index (κ3) is 5.87. The van der Waals surface area contributed by atoms with Crippen LogP contribution in [0.15, 0.2) is 18.2 Å². The SMILES string of the molecule is CSCCN(C)c1ccc(CNC(C)(C)C)cc1C. The second kappa shape index (κ2) is 7.20. The van der Waals surface area contributed by atoms with Crippen LogP contribution in [0.25, 0.3) is 0 Å². The van der Waals surface area contributed by atoms with E-state index in [1.165, 1.54) is 22.6 Å². The Morgan fingerprint density at radius 3 is 2.47 bits per heavy atom. The van der Waals surface area contributed by atoms with Gasteiger partial charge in [0.1, 0.15) is 0 Å². The van der Waals surface area contributed by atoms with E-state index in [0.717, 1.165) is 13.1 Å². The molecular weight excluding hydrogens is 252 g/mol. The zero-order valence-corrected chi connectivity index (χ0v) is 14.0. The van der Waals surface area contributed by atoms with Crippen molar-refractivity contribution < 1.29 is 0 Å². The van der Waals surface area contributed by atoms with Gasteiger partial charge in [0.15, 0.2) is 0 Å². The lowest BCUT2D eigenvalue weighted by Gasteiger charge is -2.23. The molecule has 0 aliphatic heterocycles. The number of hydrogen-bond donors (Lipinski definition) is 1. The van der Waals surface area contributed by atoms with Crippen LogP contribution in [-0.4, -0.2) is 31.1 Å². The van der Waals surface area contributed by atoms with E-state index < -0.39 is 0 Å². The highest BCUT2D eigenvalue weighted by atomic mass is 32.2. The molecule has 0 bridgehead atoms. The zero-order chi connectivity index (χ0) is 14.5. The maximum Gasteiger partial charge on any atom is 0.0393 e. The summed E-state index contributed by atoms with van der Waals surface area (Å²) >= 11 is 1.89. The van der Waals surface area contributed by atoms with Crippen molar-refractivity contribution in [2.75, 3.05) is 30.5 Å². The third-order valence-electron chi connectivity index (χ3n) is 3.13. The Morgan fingerprint density at radius 2 is 1.95 bits per heavy atom. The fourth-order valence-corrected chi connectivity index (χ4v) is 2.43. The number of aryl methyl sites for hydroxylation is 1. The van der Waals surface area contributed by atoms with Crippen LogP contribution in [0.3, 0.4) is 0 Å². The van der Waals surface area contributed by atoms with E-state index in [9.17, 15) is 0 Å². The molecule has 0 aliphatic rings. The van der Waals surface area contributed by atoms with Gasteiger partial charge in [0.05, 0.1) is 0 Å². The van der Waals surface area contributed by atoms with Gasteiger partial charge in [-0.25, -0.2) is 0 Å². The third-order valence-corrected chi connectivity index (χ3v) is 3.72. The maximum atomic E-state index is 3.53. The molecule has 0 spiro atoms. The first-order chi connectivity index (χ1) is 8.83.